The number of nitrogens with one attached hydrogen (secondary N) is 3. The molecule has 2 rings (SSSR count). The van der Waals surface area contributed by atoms with Crippen molar-refractivity contribution in [2.75, 3.05) is 7.11 Å². The Bertz CT molecular complexity index is 696. The van der Waals surface area contributed by atoms with Crippen LogP contribution in [0.1, 0.15) is 42.5 Å². The van der Waals surface area contributed by atoms with Crippen molar-refractivity contribution in [2.24, 2.45) is 0 Å². The lowest BCUT2D eigenvalue weighted by Gasteiger charge is -2.14. The van der Waals surface area contributed by atoms with Crippen LogP contribution in [-0.2, 0) is 5.41 Å². The number of carbonyl (C=O) groups is 1. The van der Waals surface area contributed by atoms with Gasteiger partial charge in [0.05, 0.1) is 12.8 Å². The van der Waals surface area contributed by atoms with Gasteiger partial charge in [-0.15, -0.1) is 0 Å². The molecule has 0 radical (unpaired) electrons. The molecule has 6 heteroatoms. The minimum Gasteiger partial charge on any atom is -0.497 e. The van der Waals surface area contributed by atoms with E-state index in [1.165, 1.54) is 0 Å². The molecule has 0 atom stereocenters. The molecular weight excluding hydrogens is 292 g/mol. The van der Waals surface area contributed by atoms with Crippen molar-refractivity contribution in [2.45, 2.75) is 26.2 Å². The van der Waals surface area contributed by atoms with Crippen LogP contribution in [0.3, 0.4) is 0 Å². The zero-order chi connectivity index (χ0) is 17.0. The van der Waals surface area contributed by atoms with E-state index >= 15 is 0 Å². The first-order valence-electron chi connectivity index (χ1n) is 7.27. The van der Waals surface area contributed by atoms with Crippen molar-refractivity contribution in [3.05, 3.63) is 53.9 Å². The number of ether oxygens (including phenoxy) is 1. The van der Waals surface area contributed by atoms with E-state index in [0.29, 0.717) is 11.4 Å². The summed E-state index contributed by atoms with van der Waals surface area (Å²) in [7, 11) is 1.61. The standard InChI is InChI=1S/C17H22N4O2/c1-11(12-6-8-13(23-5)9-7-12)18-21-16(22)14-10-15(20-19-14)17(2,3)4/h6-10,18H,1H2,2-5H3,(H,19,20)(H,21,22). The van der Waals surface area contributed by atoms with Crippen LogP contribution in [0.5, 0.6) is 5.75 Å². The minimum atomic E-state index is -0.327. The number of methoxy groups -OCH3 is 1. The highest BCUT2D eigenvalue weighted by atomic mass is 16.5. The van der Waals surface area contributed by atoms with E-state index in [9.17, 15) is 4.79 Å². The number of H-pyrrole nitrogens is 1. The molecule has 0 saturated heterocycles. The lowest BCUT2D eigenvalue weighted by Crippen LogP contribution is -2.36. The van der Waals surface area contributed by atoms with Gasteiger partial charge in [0.25, 0.3) is 5.91 Å². The van der Waals surface area contributed by atoms with Crippen molar-refractivity contribution < 1.29 is 9.53 Å². The topological polar surface area (TPSA) is 79.0 Å². The average molecular weight is 314 g/mol. The number of nitrogens with zero attached hydrogens (tertiary/aromatic N) is 1. The van der Waals surface area contributed by atoms with E-state index in [1.807, 2.05) is 45.0 Å². The van der Waals surface area contributed by atoms with Crippen molar-refractivity contribution in [3.63, 3.8) is 0 Å². The summed E-state index contributed by atoms with van der Waals surface area (Å²) < 4.78 is 5.10. The van der Waals surface area contributed by atoms with Gasteiger partial charge in [-0.05, 0) is 35.9 Å². The molecule has 23 heavy (non-hydrogen) atoms. The molecule has 1 amide bonds. The fourth-order valence-corrected chi connectivity index (χ4v) is 1.88. The Morgan fingerprint density at radius 1 is 1.22 bits per heavy atom. The maximum absolute atomic E-state index is 12.1. The zero-order valence-electron chi connectivity index (χ0n) is 13.9. The second-order valence-corrected chi connectivity index (χ2v) is 6.20. The largest absolute Gasteiger partial charge is 0.497 e. The van der Waals surface area contributed by atoms with Gasteiger partial charge in [0.2, 0.25) is 0 Å². The van der Waals surface area contributed by atoms with Crippen LogP contribution < -0.4 is 15.6 Å². The summed E-state index contributed by atoms with van der Waals surface area (Å²) in [5, 5.41) is 6.92. The molecule has 3 N–H and O–H groups in total. The van der Waals surface area contributed by atoms with Gasteiger partial charge in [0, 0.05) is 11.1 Å². The molecule has 1 heterocycles. The fraction of sp³-hybridized carbons (Fsp3) is 0.294. The summed E-state index contributed by atoms with van der Waals surface area (Å²) in [5.74, 6) is 0.434. The molecule has 0 spiro atoms. The Labute approximate surface area is 135 Å². The number of amides is 1. The van der Waals surface area contributed by atoms with Gasteiger partial charge < -0.3 is 4.74 Å². The number of carbonyl (C=O) groups excluding carboxylic acids is 1. The van der Waals surface area contributed by atoms with E-state index in [2.05, 4.69) is 27.6 Å². The van der Waals surface area contributed by atoms with E-state index in [1.54, 1.807) is 13.2 Å². The molecule has 122 valence electrons. The van der Waals surface area contributed by atoms with Crippen molar-refractivity contribution in [1.82, 2.24) is 21.0 Å². The van der Waals surface area contributed by atoms with E-state index in [-0.39, 0.29) is 11.3 Å². The van der Waals surface area contributed by atoms with Gasteiger partial charge in [-0.1, -0.05) is 27.4 Å². The molecule has 0 aliphatic heterocycles. The Kier molecular flexibility index (Phi) is 4.74. The second kappa shape index (κ2) is 6.56. The number of hydrogen-bond acceptors (Lipinski definition) is 4. The normalized spacial score (nSPS) is 11.0. The molecule has 0 bridgehead atoms. The quantitative estimate of drug-likeness (QED) is 0.741. The maximum Gasteiger partial charge on any atom is 0.290 e. The molecule has 0 unspecified atom stereocenters. The van der Waals surface area contributed by atoms with Gasteiger partial charge in [0.1, 0.15) is 5.75 Å². The van der Waals surface area contributed by atoms with Gasteiger partial charge in [0.15, 0.2) is 5.69 Å². The molecule has 0 aliphatic carbocycles. The van der Waals surface area contributed by atoms with E-state index in [4.69, 9.17) is 4.74 Å². The Hall–Kier alpha value is -2.76. The van der Waals surface area contributed by atoms with Crippen LogP contribution in [-0.4, -0.2) is 23.2 Å². The molecule has 1 aromatic carbocycles. The highest BCUT2D eigenvalue weighted by Gasteiger charge is 2.19. The number of hydrazine groups is 1. The molecule has 1 aromatic heterocycles. The highest BCUT2D eigenvalue weighted by Crippen LogP contribution is 2.20. The van der Waals surface area contributed by atoms with E-state index in [0.717, 1.165) is 17.0 Å². The third kappa shape index (κ3) is 4.12. The lowest BCUT2D eigenvalue weighted by molar-refractivity contribution is 0.0937. The van der Waals surface area contributed by atoms with Crippen LogP contribution in [0.4, 0.5) is 0 Å². The third-order valence-electron chi connectivity index (χ3n) is 3.38. The summed E-state index contributed by atoms with van der Waals surface area (Å²) >= 11 is 0. The summed E-state index contributed by atoms with van der Waals surface area (Å²) in [5.41, 5.74) is 7.94. The number of hydrogen-bond donors (Lipinski definition) is 3. The summed E-state index contributed by atoms with van der Waals surface area (Å²) in [6.07, 6.45) is 0. The zero-order valence-corrected chi connectivity index (χ0v) is 13.9. The molecule has 2 aromatic rings. The first kappa shape index (κ1) is 16.6. The predicted molar refractivity (Wildman–Crippen MR) is 89.9 cm³/mol. The second-order valence-electron chi connectivity index (χ2n) is 6.20. The van der Waals surface area contributed by atoms with Crippen LogP contribution >= 0.6 is 0 Å². The molecule has 0 fully saturated rings. The van der Waals surface area contributed by atoms with Gasteiger partial charge in [-0.2, -0.15) is 5.10 Å². The molecule has 0 saturated carbocycles. The summed E-state index contributed by atoms with van der Waals surface area (Å²) in [6.45, 7) is 10.0. The molecule has 6 nitrogen and oxygen atoms in total. The van der Waals surface area contributed by atoms with Crippen molar-refractivity contribution in [1.29, 1.82) is 0 Å². The first-order chi connectivity index (χ1) is 10.8. The lowest BCUT2D eigenvalue weighted by atomic mass is 9.92. The summed E-state index contributed by atoms with van der Waals surface area (Å²) in [6, 6.07) is 9.10. The number of rotatable bonds is 5. The Balaban J connectivity index is 1.95. The molecular formula is C17H22N4O2. The third-order valence-corrected chi connectivity index (χ3v) is 3.38. The number of aromatic amines is 1. The molecule has 0 aliphatic rings. The number of benzene rings is 1. The summed E-state index contributed by atoms with van der Waals surface area (Å²) in [4.78, 5) is 12.1. The first-order valence-corrected chi connectivity index (χ1v) is 7.27. The van der Waals surface area contributed by atoms with Gasteiger partial charge in [-0.3, -0.25) is 20.7 Å². The highest BCUT2D eigenvalue weighted by molar-refractivity contribution is 5.92. The maximum atomic E-state index is 12.1. The van der Waals surface area contributed by atoms with Gasteiger partial charge >= 0.3 is 0 Å². The SMILES string of the molecule is C=C(NNC(=O)c1cc(C(C)(C)C)[nH]n1)c1ccc(OC)cc1. The van der Waals surface area contributed by atoms with Gasteiger partial charge in [-0.25, -0.2) is 0 Å². The van der Waals surface area contributed by atoms with Crippen molar-refractivity contribution in [3.8, 4) is 5.75 Å². The fourth-order valence-electron chi connectivity index (χ4n) is 1.88. The van der Waals surface area contributed by atoms with Crippen LogP contribution in [0.2, 0.25) is 0 Å². The minimum absolute atomic E-state index is 0.0916. The predicted octanol–water partition coefficient (Wildman–Crippen LogP) is 2.62. The average Bonchev–Trinajstić information content (AvgIpc) is 3.02. The van der Waals surface area contributed by atoms with Crippen LogP contribution in [0, 0.1) is 0 Å². The monoisotopic (exact) mass is 314 g/mol. The van der Waals surface area contributed by atoms with Crippen molar-refractivity contribution >= 4 is 11.6 Å². The van der Waals surface area contributed by atoms with Crippen LogP contribution in [0.25, 0.3) is 5.70 Å². The smallest absolute Gasteiger partial charge is 0.290 e. The van der Waals surface area contributed by atoms with Crippen LogP contribution in [0.15, 0.2) is 36.9 Å². The Morgan fingerprint density at radius 2 is 1.87 bits per heavy atom. The number of aromatic nitrogens is 2. The Morgan fingerprint density at radius 3 is 2.39 bits per heavy atom. The van der Waals surface area contributed by atoms with E-state index < -0.39 is 0 Å².